The van der Waals surface area contributed by atoms with Crippen LogP contribution in [0.25, 0.3) is 0 Å². The highest BCUT2D eigenvalue weighted by Gasteiger charge is 2.36. The van der Waals surface area contributed by atoms with E-state index in [1.54, 1.807) is 0 Å². The fraction of sp³-hybridized carbons (Fsp3) is 1.00. The molecule has 1 fully saturated rings. The first kappa shape index (κ1) is 12.0. The van der Waals surface area contributed by atoms with Crippen LogP contribution in [0.5, 0.6) is 0 Å². The summed E-state index contributed by atoms with van der Waals surface area (Å²) in [4.78, 5) is 2.65. The van der Waals surface area contributed by atoms with Gasteiger partial charge in [0.15, 0.2) is 0 Å². The first-order valence-electron chi connectivity index (χ1n) is 5.99. The van der Waals surface area contributed by atoms with E-state index in [1.807, 2.05) is 0 Å². The lowest BCUT2D eigenvalue weighted by molar-refractivity contribution is 0.104. The maximum absolute atomic E-state index is 3.52. The lowest BCUT2D eigenvalue weighted by Gasteiger charge is -2.39. The van der Waals surface area contributed by atoms with Crippen molar-refractivity contribution in [1.29, 1.82) is 0 Å². The number of hydrogen-bond donors (Lipinski definition) is 1. The Morgan fingerprint density at radius 1 is 1.36 bits per heavy atom. The van der Waals surface area contributed by atoms with Crippen molar-refractivity contribution in [2.75, 3.05) is 13.1 Å². The Balaban J connectivity index is 2.55. The summed E-state index contributed by atoms with van der Waals surface area (Å²) in [5.41, 5.74) is 0.406. The standard InChI is InChI=1S/C12H26N2/c1-6-13-10(2)11(3)14-9-7-8-12(14,4)5/h10-11,13H,6-9H2,1-5H3. The first-order chi connectivity index (χ1) is 6.49. The molecule has 0 bridgehead atoms. The summed E-state index contributed by atoms with van der Waals surface area (Å²) in [5, 5.41) is 3.52. The summed E-state index contributed by atoms with van der Waals surface area (Å²) in [6, 6.07) is 1.24. The molecule has 1 aliphatic heterocycles. The van der Waals surface area contributed by atoms with E-state index < -0.39 is 0 Å². The Morgan fingerprint density at radius 2 is 2.00 bits per heavy atom. The van der Waals surface area contributed by atoms with Crippen molar-refractivity contribution in [2.45, 2.75) is 65.1 Å². The second-order valence-corrected chi connectivity index (χ2v) is 5.20. The van der Waals surface area contributed by atoms with Gasteiger partial charge in [0.2, 0.25) is 0 Å². The highest BCUT2D eigenvalue weighted by molar-refractivity contribution is 4.93. The molecular weight excluding hydrogens is 172 g/mol. The van der Waals surface area contributed by atoms with Gasteiger partial charge >= 0.3 is 0 Å². The largest absolute Gasteiger partial charge is 0.313 e. The zero-order valence-electron chi connectivity index (χ0n) is 10.4. The predicted molar refractivity (Wildman–Crippen MR) is 62.6 cm³/mol. The molecular formula is C12H26N2. The van der Waals surface area contributed by atoms with Gasteiger partial charge in [-0.05, 0) is 53.6 Å². The summed E-state index contributed by atoms with van der Waals surface area (Å²) in [7, 11) is 0. The van der Waals surface area contributed by atoms with Gasteiger partial charge in [0.1, 0.15) is 0 Å². The highest BCUT2D eigenvalue weighted by Crippen LogP contribution is 2.30. The Hall–Kier alpha value is -0.0800. The zero-order valence-corrected chi connectivity index (χ0v) is 10.4. The first-order valence-corrected chi connectivity index (χ1v) is 5.99. The molecule has 0 spiro atoms. The lowest BCUT2D eigenvalue weighted by atomic mass is 9.99. The molecule has 0 amide bonds. The van der Waals surface area contributed by atoms with Gasteiger partial charge in [0.05, 0.1) is 0 Å². The minimum atomic E-state index is 0.406. The van der Waals surface area contributed by atoms with Crippen LogP contribution in [0.2, 0.25) is 0 Å². The van der Waals surface area contributed by atoms with Crippen molar-refractivity contribution < 1.29 is 0 Å². The molecule has 0 aliphatic carbocycles. The van der Waals surface area contributed by atoms with Crippen LogP contribution in [-0.4, -0.2) is 35.6 Å². The number of likely N-dealkylation sites (N-methyl/N-ethyl adjacent to an activating group) is 1. The number of nitrogens with one attached hydrogen (secondary N) is 1. The van der Waals surface area contributed by atoms with Crippen molar-refractivity contribution >= 4 is 0 Å². The molecule has 0 aromatic carbocycles. The molecule has 2 heteroatoms. The minimum absolute atomic E-state index is 0.406. The second kappa shape index (κ2) is 4.63. The van der Waals surface area contributed by atoms with Crippen molar-refractivity contribution in [3.05, 3.63) is 0 Å². The molecule has 0 aromatic rings. The second-order valence-electron chi connectivity index (χ2n) is 5.20. The molecule has 2 unspecified atom stereocenters. The summed E-state index contributed by atoms with van der Waals surface area (Å²) in [6.45, 7) is 13.9. The molecule has 1 heterocycles. The van der Waals surface area contributed by atoms with Crippen molar-refractivity contribution in [1.82, 2.24) is 10.2 Å². The highest BCUT2D eigenvalue weighted by atomic mass is 15.3. The topological polar surface area (TPSA) is 15.3 Å². The average molecular weight is 198 g/mol. The third kappa shape index (κ3) is 2.48. The quantitative estimate of drug-likeness (QED) is 0.745. The van der Waals surface area contributed by atoms with E-state index in [0.717, 1.165) is 6.54 Å². The molecule has 1 N–H and O–H groups in total. The van der Waals surface area contributed by atoms with E-state index >= 15 is 0 Å². The molecule has 1 saturated heterocycles. The van der Waals surface area contributed by atoms with Gasteiger partial charge in [0.25, 0.3) is 0 Å². The van der Waals surface area contributed by atoms with E-state index in [4.69, 9.17) is 0 Å². The zero-order chi connectivity index (χ0) is 10.8. The van der Waals surface area contributed by atoms with E-state index in [9.17, 15) is 0 Å². The van der Waals surface area contributed by atoms with Crippen molar-refractivity contribution in [3.8, 4) is 0 Å². The molecule has 0 saturated carbocycles. The Labute approximate surface area is 89.1 Å². The maximum atomic E-state index is 3.52. The molecule has 14 heavy (non-hydrogen) atoms. The van der Waals surface area contributed by atoms with Gasteiger partial charge in [-0.2, -0.15) is 0 Å². The summed E-state index contributed by atoms with van der Waals surface area (Å²) in [6.07, 6.45) is 2.70. The normalized spacial score (nSPS) is 26.4. The summed E-state index contributed by atoms with van der Waals surface area (Å²) >= 11 is 0. The molecule has 0 radical (unpaired) electrons. The molecule has 84 valence electrons. The lowest BCUT2D eigenvalue weighted by Crippen LogP contribution is -2.52. The van der Waals surface area contributed by atoms with Crippen LogP contribution in [0.1, 0.15) is 47.5 Å². The maximum Gasteiger partial charge on any atom is 0.0223 e. The average Bonchev–Trinajstić information content (AvgIpc) is 2.44. The van der Waals surface area contributed by atoms with Crippen LogP contribution in [0.3, 0.4) is 0 Å². The minimum Gasteiger partial charge on any atom is -0.313 e. The van der Waals surface area contributed by atoms with Crippen LogP contribution in [-0.2, 0) is 0 Å². The Bertz CT molecular complexity index is 177. The summed E-state index contributed by atoms with van der Waals surface area (Å²) < 4.78 is 0. The van der Waals surface area contributed by atoms with Gasteiger partial charge < -0.3 is 5.32 Å². The van der Waals surface area contributed by atoms with Gasteiger partial charge in [-0.1, -0.05) is 6.92 Å². The summed E-state index contributed by atoms with van der Waals surface area (Å²) in [5.74, 6) is 0. The van der Waals surface area contributed by atoms with Gasteiger partial charge in [-0.3, -0.25) is 4.90 Å². The molecule has 2 atom stereocenters. The smallest absolute Gasteiger partial charge is 0.0223 e. The third-order valence-electron chi connectivity index (χ3n) is 3.71. The van der Waals surface area contributed by atoms with Crippen LogP contribution in [0.4, 0.5) is 0 Å². The van der Waals surface area contributed by atoms with E-state index in [-0.39, 0.29) is 0 Å². The molecule has 0 aromatic heterocycles. The van der Waals surface area contributed by atoms with Gasteiger partial charge in [-0.15, -0.1) is 0 Å². The van der Waals surface area contributed by atoms with Crippen molar-refractivity contribution in [2.24, 2.45) is 0 Å². The van der Waals surface area contributed by atoms with E-state index in [2.05, 4.69) is 44.8 Å². The number of hydrogen-bond acceptors (Lipinski definition) is 2. The fourth-order valence-corrected chi connectivity index (χ4v) is 2.65. The number of likely N-dealkylation sites (tertiary alicyclic amines) is 1. The monoisotopic (exact) mass is 198 g/mol. The van der Waals surface area contributed by atoms with Crippen LogP contribution >= 0.6 is 0 Å². The van der Waals surface area contributed by atoms with Crippen LogP contribution in [0, 0.1) is 0 Å². The molecule has 2 nitrogen and oxygen atoms in total. The Morgan fingerprint density at radius 3 is 2.43 bits per heavy atom. The van der Waals surface area contributed by atoms with Gasteiger partial charge in [0, 0.05) is 17.6 Å². The fourth-order valence-electron chi connectivity index (χ4n) is 2.65. The van der Waals surface area contributed by atoms with Gasteiger partial charge in [-0.25, -0.2) is 0 Å². The Kier molecular flexibility index (Phi) is 3.96. The SMILES string of the molecule is CCNC(C)C(C)N1CCCC1(C)C. The van der Waals surface area contributed by atoms with Crippen LogP contribution < -0.4 is 5.32 Å². The predicted octanol–water partition coefficient (Wildman–Crippen LogP) is 2.25. The van der Waals surface area contributed by atoms with Crippen molar-refractivity contribution in [3.63, 3.8) is 0 Å². The number of nitrogens with zero attached hydrogens (tertiary/aromatic N) is 1. The van der Waals surface area contributed by atoms with Crippen LogP contribution in [0.15, 0.2) is 0 Å². The van der Waals surface area contributed by atoms with E-state index in [0.29, 0.717) is 17.6 Å². The number of rotatable bonds is 4. The van der Waals surface area contributed by atoms with E-state index in [1.165, 1.54) is 19.4 Å². The molecule has 1 rings (SSSR count). The third-order valence-corrected chi connectivity index (χ3v) is 3.71. The molecule has 1 aliphatic rings.